The molecule has 0 N–H and O–H groups in total. The summed E-state index contributed by atoms with van der Waals surface area (Å²) >= 11 is 0. The van der Waals surface area contributed by atoms with E-state index in [4.69, 9.17) is 0 Å². The second-order valence-corrected chi connectivity index (χ2v) is 4.92. The molecule has 0 unspecified atom stereocenters. The van der Waals surface area contributed by atoms with Crippen LogP contribution in [0.25, 0.3) is 6.08 Å². The highest BCUT2D eigenvalue weighted by molar-refractivity contribution is 5.91. The van der Waals surface area contributed by atoms with Crippen LogP contribution >= 0.6 is 0 Å². The molecule has 20 heavy (non-hydrogen) atoms. The van der Waals surface area contributed by atoms with Gasteiger partial charge in [-0.05, 0) is 36.6 Å². The number of carbonyl (C=O) groups excluding carboxylic acids is 1. The molecule has 0 bridgehead atoms. The third-order valence-electron chi connectivity index (χ3n) is 3.16. The van der Waals surface area contributed by atoms with E-state index in [2.05, 4.69) is 13.8 Å². The number of carbonyl (C=O) groups is 1. The molecular formula is C17H24FNO. The summed E-state index contributed by atoms with van der Waals surface area (Å²) in [7, 11) is 0. The van der Waals surface area contributed by atoms with Crippen LogP contribution in [-0.4, -0.2) is 23.9 Å². The molecule has 2 nitrogen and oxygen atoms in total. The first kappa shape index (κ1) is 16.4. The molecule has 0 heterocycles. The van der Waals surface area contributed by atoms with E-state index in [-0.39, 0.29) is 11.7 Å². The maximum atomic E-state index is 12.8. The van der Waals surface area contributed by atoms with Gasteiger partial charge in [-0.15, -0.1) is 0 Å². The molecule has 3 heteroatoms. The first-order valence-electron chi connectivity index (χ1n) is 7.40. The third-order valence-corrected chi connectivity index (χ3v) is 3.16. The van der Waals surface area contributed by atoms with Crippen LogP contribution in [0, 0.1) is 5.82 Å². The Bertz CT molecular complexity index is 417. The van der Waals surface area contributed by atoms with Gasteiger partial charge in [-0.1, -0.05) is 38.8 Å². The van der Waals surface area contributed by atoms with Crippen molar-refractivity contribution in [3.8, 4) is 0 Å². The van der Waals surface area contributed by atoms with Crippen LogP contribution in [0.1, 0.15) is 45.1 Å². The quantitative estimate of drug-likeness (QED) is 0.650. The Balaban J connectivity index is 2.61. The smallest absolute Gasteiger partial charge is 0.246 e. The van der Waals surface area contributed by atoms with Crippen LogP contribution in [0.2, 0.25) is 0 Å². The van der Waals surface area contributed by atoms with Crippen molar-refractivity contribution in [3.63, 3.8) is 0 Å². The summed E-state index contributed by atoms with van der Waals surface area (Å²) in [5, 5.41) is 0. The summed E-state index contributed by atoms with van der Waals surface area (Å²) < 4.78 is 12.8. The Morgan fingerprint density at radius 1 is 1.10 bits per heavy atom. The molecule has 0 saturated heterocycles. The minimum atomic E-state index is -0.263. The summed E-state index contributed by atoms with van der Waals surface area (Å²) in [5.41, 5.74) is 0.839. The van der Waals surface area contributed by atoms with Crippen LogP contribution in [0.4, 0.5) is 4.39 Å². The minimum Gasteiger partial charge on any atom is -0.339 e. The van der Waals surface area contributed by atoms with Gasteiger partial charge in [0, 0.05) is 19.2 Å². The third kappa shape index (κ3) is 6.00. The van der Waals surface area contributed by atoms with Crippen molar-refractivity contribution < 1.29 is 9.18 Å². The fraction of sp³-hybridized carbons (Fsp3) is 0.471. The molecule has 1 aromatic rings. The number of benzene rings is 1. The molecule has 110 valence electrons. The zero-order valence-electron chi connectivity index (χ0n) is 12.4. The second-order valence-electron chi connectivity index (χ2n) is 4.92. The highest BCUT2D eigenvalue weighted by Gasteiger charge is 2.08. The SMILES string of the molecule is CCCCN(CCCC)C(=O)C=Cc1ccc(F)cc1. The van der Waals surface area contributed by atoms with Gasteiger partial charge in [0.15, 0.2) is 0 Å². The van der Waals surface area contributed by atoms with E-state index < -0.39 is 0 Å². The van der Waals surface area contributed by atoms with Crippen LogP contribution in [0.3, 0.4) is 0 Å². The molecule has 0 spiro atoms. The van der Waals surface area contributed by atoms with Gasteiger partial charge >= 0.3 is 0 Å². The van der Waals surface area contributed by atoms with E-state index >= 15 is 0 Å². The molecule has 0 radical (unpaired) electrons. The normalized spacial score (nSPS) is 10.9. The van der Waals surface area contributed by atoms with Gasteiger partial charge in [0.2, 0.25) is 5.91 Å². The molecule has 0 aromatic heterocycles. The van der Waals surface area contributed by atoms with Gasteiger partial charge in [-0.2, -0.15) is 0 Å². The lowest BCUT2D eigenvalue weighted by Gasteiger charge is -2.20. The number of unbranched alkanes of at least 4 members (excludes halogenated alkanes) is 2. The first-order chi connectivity index (χ1) is 9.67. The van der Waals surface area contributed by atoms with Gasteiger partial charge in [-0.25, -0.2) is 4.39 Å². The molecule has 0 aliphatic rings. The molecule has 0 aliphatic carbocycles. The van der Waals surface area contributed by atoms with Crippen molar-refractivity contribution in [2.24, 2.45) is 0 Å². The number of halogens is 1. The van der Waals surface area contributed by atoms with Gasteiger partial charge in [0.25, 0.3) is 0 Å². The molecule has 0 saturated carbocycles. The van der Waals surface area contributed by atoms with Crippen LogP contribution in [-0.2, 0) is 4.79 Å². The van der Waals surface area contributed by atoms with Crippen molar-refractivity contribution in [1.29, 1.82) is 0 Å². The van der Waals surface area contributed by atoms with E-state index in [1.54, 1.807) is 24.3 Å². The number of hydrogen-bond acceptors (Lipinski definition) is 1. The largest absolute Gasteiger partial charge is 0.339 e. The standard InChI is InChI=1S/C17H24FNO/c1-3-5-13-19(14-6-4-2)17(20)12-9-15-7-10-16(18)11-8-15/h7-12H,3-6,13-14H2,1-2H3. The zero-order valence-corrected chi connectivity index (χ0v) is 12.4. The Morgan fingerprint density at radius 3 is 2.15 bits per heavy atom. The van der Waals surface area contributed by atoms with Crippen molar-refractivity contribution >= 4 is 12.0 Å². The monoisotopic (exact) mass is 277 g/mol. The van der Waals surface area contributed by atoms with Gasteiger partial charge in [-0.3, -0.25) is 4.79 Å². The lowest BCUT2D eigenvalue weighted by Crippen LogP contribution is -2.31. The van der Waals surface area contributed by atoms with Crippen molar-refractivity contribution in [2.75, 3.05) is 13.1 Å². The minimum absolute atomic E-state index is 0.0382. The van der Waals surface area contributed by atoms with E-state index in [0.29, 0.717) is 0 Å². The van der Waals surface area contributed by atoms with Crippen LogP contribution in [0.15, 0.2) is 30.3 Å². The number of nitrogens with zero attached hydrogens (tertiary/aromatic N) is 1. The molecule has 1 amide bonds. The summed E-state index contributed by atoms with van der Waals surface area (Å²) in [6.07, 6.45) is 7.54. The van der Waals surface area contributed by atoms with Gasteiger partial charge in [0.05, 0.1) is 0 Å². The summed E-state index contributed by atoms with van der Waals surface area (Å²) in [6, 6.07) is 6.13. The first-order valence-corrected chi connectivity index (χ1v) is 7.40. The molecule has 1 rings (SSSR count). The zero-order chi connectivity index (χ0) is 14.8. The molecular weight excluding hydrogens is 253 g/mol. The number of amides is 1. The maximum Gasteiger partial charge on any atom is 0.246 e. The lowest BCUT2D eigenvalue weighted by molar-refractivity contribution is -0.126. The topological polar surface area (TPSA) is 20.3 Å². The summed E-state index contributed by atoms with van der Waals surface area (Å²) in [5.74, 6) is -0.225. The lowest BCUT2D eigenvalue weighted by atomic mass is 10.2. The molecule has 0 atom stereocenters. The highest BCUT2D eigenvalue weighted by atomic mass is 19.1. The number of hydrogen-bond donors (Lipinski definition) is 0. The van der Waals surface area contributed by atoms with Crippen LogP contribution in [0.5, 0.6) is 0 Å². The van der Waals surface area contributed by atoms with E-state index in [0.717, 1.165) is 44.3 Å². The van der Waals surface area contributed by atoms with Crippen LogP contribution < -0.4 is 0 Å². The summed E-state index contributed by atoms with van der Waals surface area (Å²) in [4.78, 5) is 14.1. The Morgan fingerprint density at radius 2 is 1.65 bits per heavy atom. The predicted molar refractivity (Wildman–Crippen MR) is 81.8 cm³/mol. The Labute approximate surface area is 121 Å². The van der Waals surface area contributed by atoms with Crippen molar-refractivity contribution in [2.45, 2.75) is 39.5 Å². The van der Waals surface area contributed by atoms with E-state index in [1.165, 1.54) is 12.1 Å². The van der Waals surface area contributed by atoms with Crippen molar-refractivity contribution in [3.05, 3.63) is 41.7 Å². The Hall–Kier alpha value is -1.64. The Kier molecular flexibility index (Phi) is 7.63. The average Bonchev–Trinajstić information content (AvgIpc) is 2.46. The highest BCUT2D eigenvalue weighted by Crippen LogP contribution is 2.06. The maximum absolute atomic E-state index is 12.8. The van der Waals surface area contributed by atoms with Gasteiger partial charge in [0.1, 0.15) is 5.82 Å². The molecule has 0 aliphatic heterocycles. The molecule has 0 fully saturated rings. The average molecular weight is 277 g/mol. The number of rotatable bonds is 8. The summed E-state index contributed by atoms with van der Waals surface area (Å²) in [6.45, 7) is 5.86. The molecule has 1 aromatic carbocycles. The fourth-order valence-electron chi connectivity index (χ4n) is 1.88. The van der Waals surface area contributed by atoms with E-state index in [1.807, 2.05) is 4.90 Å². The van der Waals surface area contributed by atoms with E-state index in [9.17, 15) is 9.18 Å². The van der Waals surface area contributed by atoms with Gasteiger partial charge < -0.3 is 4.90 Å². The van der Waals surface area contributed by atoms with Crippen molar-refractivity contribution in [1.82, 2.24) is 4.90 Å². The second kappa shape index (κ2) is 9.29. The predicted octanol–water partition coefficient (Wildman–Crippen LogP) is 4.27. The fourth-order valence-corrected chi connectivity index (χ4v) is 1.88.